The minimum atomic E-state index is -3.50. The van der Waals surface area contributed by atoms with Crippen molar-refractivity contribution in [3.05, 3.63) is 0 Å². The zero-order valence-corrected chi connectivity index (χ0v) is 11.7. The van der Waals surface area contributed by atoms with E-state index in [9.17, 15) is 13.2 Å². The van der Waals surface area contributed by atoms with Crippen LogP contribution >= 0.6 is 0 Å². The van der Waals surface area contributed by atoms with Gasteiger partial charge in [0, 0.05) is 25.6 Å². The maximum atomic E-state index is 12.1. The van der Waals surface area contributed by atoms with Crippen LogP contribution in [-0.4, -0.2) is 66.9 Å². The van der Waals surface area contributed by atoms with Crippen molar-refractivity contribution in [2.24, 2.45) is 0 Å². The van der Waals surface area contributed by atoms with E-state index < -0.39 is 16.0 Å². The number of carbonyl (C=O) groups is 1. The topological polar surface area (TPSA) is 107 Å². The fourth-order valence-electron chi connectivity index (χ4n) is 2.15. The van der Waals surface area contributed by atoms with Gasteiger partial charge >= 0.3 is 5.97 Å². The molecule has 7 nitrogen and oxygen atoms in total. The second-order valence-electron chi connectivity index (χ2n) is 4.69. The van der Waals surface area contributed by atoms with Crippen molar-refractivity contribution in [1.29, 1.82) is 0 Å². The molecule has 0 aromatic rings. The van der Waals surface area contributed by atoms with E-state index in [1.807, 2.05) is 0 Å². The normalized spacial score (nSPS) is 20.0. The molecule has 0 spiro atoms. The van der Waals surface area contributed by atoms with Gasteiger partial charge in [-0.25, -0.2) is 8.42 Å². The van der Waals surface area contributed by atoms with E-state index in [1.165, 1.54) is 4.31 Å². The molecular weight excluding hydrogens is 272 g/mol. The van der Waals surface area contributed by atoms with Crippen molar-refractivity contribution in [3.63, 3.8) is 0 Å². The van der Waals surface area contributed by atoms with Gasteiger partial charge in [-0.15, -0.1) is 0 Å². The number of hydrogen-bond acceptors (Lipinski definition) is 5. The van der Waals surface area contributed by atoms with E-state index in [1.54, 1.807) is 0 Å². The van der Waals surface area contributed by atoms with Gasteiger partial charge in [-0.1, -0.05) is 0 Å². The fraction of sp³-hybridized carbons (Fsp3) is 0.909. The molecule has 1 unspecified atom stereocenters. The standard InChI is InChI=1S/C11H22N2O5S/c14-7-6-13(9-10-3-1-5-12-10)19(17,18)8-2-4-11(15)16/h10,12,14H,1-9H2,(H,15,16). The highest BCUT2D eigenvalue weighted by Gasteiger charge is 2.26. The maximum absolute atomic E-state index is 12.1. The Bertz CT molecular complexity index is 379. The molecule has 0 saturated carbocycles. The average molecular weight is 294 g/mol. The summed E-state index contributed by atoms with van der Waals surface area (Å²) in [5.74, 6) is -1.19. The van der Waals surface area contributed by atoms with Crippen LogP contribution in [0.1, 0.15) is 25.7 Å². The lowest BCUT2D eigenvalue weighted by Gasteiger charge is -2.24. The molecule has 112 valence electrons. The maximum Gasteiger partial charge on any atom is 0.303 e. The highest BCUT2D eigenvalue weighted by molar-refractivity contribution is 7.89. The van der Waals surface area contributed by atoms with Crippen LogP contribution in [0.3, 0.4) is 0 Å². The van der Waals surface area contributed by atoms with Crippen LogP contribution in [0.5, 0.6) is 0 Å². The molecule has 0 aromatic carbocycles. The summed E-state index contributed by atoms with van der Waals surface area (Å²) in [6.45, 7) is 1.06. The van der Waals surface area contributed by atoms with Crippen LogP contribution in [0.2, 0.25) is 0 Å². The molecule has 1 fully saturated rings. The third-order valence-corrected chi connectivity index (χ3v) is 5.05. The van der Waals surface area contributed by atoms with Gasteiger partial charge in [0.2, 0.25) is 10.0 Å². The minimum absolute atomic E-state index is 0.0631. The predicted octanol–water partition coefficient (Wildman–Crippen LogP) is -0.773. The molecule has 1 saturated heterocycles. The van der Waals surface area contributed by atoms with Crippen molar-refractivity contribution in [2.75, 3.05) is 32.0 Å². The number of aliphatic carboxylic acids is 1. The fourth-order valence-corrected chi connectivity index (χ4v) is 3.68. The van der Waals surface area contributed by atoms with Gasteiger partial charge in [0.1, 0.15) is 0 Å². The number of carboxylic acids is 1. The quantitative estimate of drug-likeness (QED) is 0.515. The van der Waals surface area contributed by atoms with Gasteiger partial charge < -0.3 is 15.5 Å². The average Bonchev–Trinajstić information content (AvgIpc) is 2.80. The smallest absolute Gasteiger partial charge is 0.303 e. The Morgan fingerprint density at radius 1 is 1.42 bits per heavy atom. The Hall–Kier alpha value is -0.700. The van der Waals surface area contributed by atoms with Crippen LogP contribution in [0.25, 0.3) is 0 Å². The lowest BCUT2D eigenvalue weighted by Crippen LogP contribution is -2.43. The molecule has 8 heteroatoms. The zero-order chi connectivity index (χ0) is 14.3. The summed E-state index contributed by atoms with van der Waals surface area (Å²) in [5, 5.41) is 20.7. The second kappa shape index (κ2) is 7.78. The Balaban J connectivity index is 2.53. The number of carboxylic acid groups (broad SMARTS) is 1. The molecule has 1 aliphatic heterocycles. The summed E-state index contributed by atoms with van der Waals surface area (Å²) >= 11 is 0. The molecule has 1 aliphatic rings. The first kappa shape index (κ1) is 16.4. The summed E-state index contributed by atoms with van der Waals surface area (Å²) < 4.78 is 25.4. The van der Waals surface area contributed by atoms with Crippen molar-refractivity contribution in [1.82, 2.24) is 9.62 Å². The Labute approximate surface area is 113 Å². The summed E-state index contributed by atoms with van der Waals surface area (Å²) in [6, 6.07) is 0.126. The largest absolute Gasteiger partial charge is 0.481 e. The molecule has 1 rings (SSSR count). The van der Waals surface area contributed by atoms with Crippen LogP contribution in [-0.2, 0) is 14.8 Å². The Kier molecular flexibility index (Phi) is 6.70. The van der Waals surface area contributed by atoms with Gasteiger partial charge in [0.05, 0.1) is 12.4 Å². The third-order valence-electron chi connectivity index (χ3n) is 3.12. The van der Waals surface area contributed by atoms with Crippen LogP contribution < -0.4 is 5.32 Å². The predicted molar refractivity (Wildman–Crippen MR) is 70.3 cm³/mol. The Morgan fingerprint density at radius 2 is 2.16 bits per heavy atom. The number of nitrogens with zero attached hydrogens (tertiary/aromatic N) is 1. The monoisotopic (exact) mass is 294 g/mol. The lowest BCUT2D eigenvalue weighted by atomic mass is 10.2. The van der Waals surface area contributed by atoms with Crippen LogP contribution in [0.15, 0.2) is 0 Å². The van der Waals surface area contributed by atoms with E-state index in [0.29, 0.717) is 6.54 Å². The van der Waals surface area contributed by atoms with Crippen molar-refractivity contribution in [2.45, 2.75) is 31.7 Å². The molecule has 0 aliphatic carbocycles. The van der Waals surface area contributed by atoms with Gasteiger partial charge in [-0.05, 0) is 25.8 Å². The Morgan fingerprint density at radius 3 is 2.68 bits per heavy atom. The molecular formula is C11H22N2O5S. The SMILES string of the molecule is O=C(O)CCCS(=O)(=O)N(CCO)CC1CCCN1. The number of sulfonamides is 1. The van der Waals surface area contributed by atoms with E-state index in [0.717, 1.165) is 19.4 Å². The molecule has 1 atom stereocenters. The first-order valence-corrected chi connectivity index (χ1v) is 8.10. The molecule has 3 N–H and O–H groups in total. The summed E-state index contributed by atoms with van der Waals surface area (Å²) in [7, 11) is -3.50. The highest BCUT2D eigenvalue weighted by Crippen LogP contribution is 2.11. The van der Waals surface area contributed by atoms with Crippen LogP contribution in [0.4, 0.5) is 0 Å². The number of aliphatic hydroxyl groups is 1. The van der Waals surface area contributed by atoms with Crippen molar-refractivity contribution in [3.8, 4) is 0 Å². The van der Waals surface area contributed by atoms with Gasteiger partial charge in [0.15, 0.2) is 0 Å². The van der Waals surface area contributed by atoms with E-state index in [2.05, 4.69) is 5.32 Å². The second-order valence-corrected chi connectivity index (χ2v) is 6.78. The minimum Gasteiger partial charge on any atom is -0.481 e. The van der Waals surface area contributed by atoms with Crippen LogP contribution in [0, 0.1) is 0 Å². The molecule has 0 bridgehead atoms. The molecule has 0 radical (unpaired) electrons. The number of hydrogen-bond donors (Lipinski definition) is 3. The molecule has 19 heavy (non-hydrogen) atoms. The molecule has 0 aromatic heterocycles. The first-order valence-electron chi connectivity index (χ1n) is 6.49. The van der Waals surface area contributed by atoms with Crippen molar-refractivity contribution >= 4 is 16.0 Å². The van der Waals surface area contributed by atoms with Gasteiger partial charge in [-0.3, -0.25) is 4.79 Å². The van der Waals surface area contributed by atoms with E-state index in [4.69, 9.17) is 10.2 Å². The third kappa shape index (κ3) is 5.85. The molecule has 0 amide bonds. The molecule has 1 heterocycles. The van der Waals surface area contributed by atoms with Crippen molar-refractivity contribution < 1.29 is 23.4 Å². The number of nitrogens with one attached hydrogen (secondary N) is 1. The first-order chi connectivity index (χ1) is 8.95. The number of aliphatic hydroxyl groups excluding tert-OH is 1. The van der Waals surface area contributed by atoms with Gasteiger partial charge in [-0.2, -0.15) is 4.31 Å². The summed E-state index contributed by atoms with van der Waals surface area (Å²) in [4.78, 5) is 10.4. The van der Waals surface area contributed by atoms with E-state index >= 15 is 0 Å². The lowest BCUT2D eigenvalue weighted by molar-refractivity contribution is -0.137. The highest BCUT2D eigenvalue weighted by atomic mass is 32.2. The van der Waals surface area contributed by atoms with Gasteiger partial charge in [0.25, 0.3) is 0 Å². The summed E-state index contributed by atoms with van der Waals surface area (Å²) in [5.41, 5.74) is 0. The van der Waals surface area contributed by atoms with E-state index in [-0.39, 0.29) is 37.8 Å². The zero-order valence-electron chi connectivity index (χ0n) is 10.9. The summed E-state index contributed by atoms with van der Waals surface area (Å²) in [6.07, 6.45) is 1.88. The number of rotatable bonds is 9.